The first-order valence-corrected chi connectivity index (χ1v) is 11.8. The van der Waals surface area contributed by atoms with Crippen molar-refractivity contribution < 1.29 is 17.9 Å². The van der Waals surface area contributed by atoms with Crippen LogP contribution in [0.1, 0.15) is 11.8 Å². The first-order valence-electron chi connectivity index (χ1n) is 9.48. The van der Waals surface area contributed by atoms with Gasteiger partial charge in [-0.05, 0) is 48.5 Å². The third-order valence-corrected chi connectivity index (χ3v) is 7.20. The third kappa shape index (κ3) is 5.31. The summed E-state index contributed by atoms with van der Waals surface area (Å²) < 4.78 is 35.6. The van der Waals surface area contributed by atoms with E-state index in [1.807, 2.05) is 29.1 Å². The highest BCUT2D eigenvalue weighted by Gasteiger charge is 2.17. The number of sulfonamides is 1. The Kier molecular flexibility index (Phi) is 6.19. The molecule has 0 aliphatic rings. The molecule has 4 aromatic rings. The number of carbonyl (C=O) groups is 1. The molecular weight excluding hydrogens is 450 g/mol. The molecule has 164 valence electrons. The molecule has 0 radical (unpaired) electrons. The Morgan fingerprint density at radius 2 is 1.84 bits per heavy atom. The van der Waals surface area contributed by atoms with Gasteiger partial charge in [-0.1, -0.05) is 0 Å². The van der Waals surface area contributed by atoms with Crippen LogP contribution < -0.4 is 14.8 Å². The van der Waals surface area contributed by atoms with Crippen LogP contribution in [0.3, 0.4) is 0 Å². The Morgan fingerprint density at radius 3 is 2.56 bits per heavy atom. The Labute approximate surface area is 188 Å². The maximum atomic E-state index is 12.6. The average molecular weight is 470 g/mol. The van der Waals surface area contributed by atoms with E-state index in [1.54, 1.807) is 36.4 Å². The van der Waals surface area contributed by atoms with Gasteiger partial charge >= 0.3 is 0 Å². The minimum Gasteiger partial charge on any atom is -0.439 e. The van der Waals surface area contributed by atoms with Gasteiger partial charge in [-0.2, -0.15) is 0 Å². The number of hydrogen-bond acceptors (Lipinski definition) is 7. The molecule has 4 rings (SSSR count). The predicted octanol–water partition coefficient (Wildman–Crippen LogP) is 3.56. The van der Waals surface area contributed by atoms with Crippen LogP contribution in [0.2, 0.25) is 0 Å². The SMILES string of the molecule is CC(=O)NCc1ccc(S(=O)(=O)Nc2ccc(Oc3cc(-n4cccc4)ncn3)cc2)s1. The lowest BCUT2D eigenvalue weighted by Crippen LogP contribution is -2.18. The highest BCUT2D eigenvalue weighted by molar-refractivity contribution is 7.94. The van der Waals surface area contributed by atoms with E-state index in [0.29, 0.717) is 23.1 Å². The standard InChI is InChI=1S/C21H19N5O4S2/c1-15(27)22-13-18-8-9-21(31-18)32(28,29)25-16-4-6-17(7-5-16)30-20-12-19(23-14-24-20)26-10-2-3-11-26/h2-12,14,25H,13H2,1H3,(H,22,27). The van der Waals surface area contributed by atoms with E-state index in [0.717, 1.165) is 16.2 Å². The minimum absolute atomic E-state index is 0.164. The number of thiophene rings is 1. The average Bonchev–Trinajstić information content (AvgIpc) is 3.46. The zero-order valence-electron chi connectivity index (χ0n) is 16.9. The summed E-state index contributed by atoms with van der Waals surface area (Å²) in [7, 11) is -3.74. The van der Waals surface area contributed by atoms with Crippen molar-refractivity contribution in [2.24, 2.45) is 0 Å². The molecule has 0 saturated heterocycles. The molecule has 0 atom stereocenters. The summed E-state index contributed by atoms with van der Waals surface area (Å²) in [6, 6.07) is 15.2. The van der Waals surface area contributed by atoms with Crippen LogP contribution in [-0.4, -0.2) is 28.9 Å². The molecule has 11 heteroatoms. The number of nitrogens with zero attached hydrogens (tertiary/aromatic N) is 3. The van der Waals surface area contributed by atoms with Gasteiger partial charge in [-0.3, -0.25) is 9.52 Å². The fourth-order valence-corrected chi connectivity index (χ4v) is 5.09. The van der Waals surface area contributed by atoms with Crippen molar-refractivity contribution in [3.63, 3.8) is 0 Å². The number of anilines is 1. The Balaban J connectivity index is 1.42. The number of carbonyl (C=O) groups excluding carboxylic acids is 1. The van der Waals surface area contributed by atoms with E-state index in [1.165, 1.54) is 19.3 Å². The quantitative estimate of drug-likeness (QED) is 0.408. The molecule has 9 nitrogen and oxygen atoms in total. The van der Waals surface area contributed by atoms with E-state index in [9.17, 15) is 13.2 Å². The second kappa shape index (κ2) is 9.20. The van der Waals surface area contributed by atoms with Crippen molar-refractivity contribution in [3.8, 4) is 17.4 Å². The monoisotopic (exact) mass is 469 g/mol. The van der Waals surface area contributed by atoms with E-state index in [4.69, 9.17) is 4.74 Å². The first-order chi connectivity index (χ1) is 15.4. The number of ether oxygens (including phenoxy) is 1. The molecule has 2 N–H and O–H groups in total. The summed E-state index contributed by atoms with van der Waals surface area (Å²) in [5.74, 6) is 1.35. The zero-order chi connectivity index (χ0) is 22.6. The van der Waals surface area contributed by atoms with Crippen LogP contribution in [0.5, 0.6) is 11.6 Å². The van der Waals surface area contributed by atoms with Gasteiger partial charge in [0.15, 0.2) is 0 Å². The summed E-state index contributed by atoms with van der Waals surface area (Å²) in [6.07, 6.45) is 5.14. The molecule has 3 heterocycles. The molecule has 0 spiro atoms. The van der Waals surface area contributed by atoms with Crippen molar-refractivity contribution in [2.75, 3.05) is 4.72 Å². The lowest BCUT2D eigenvalue weighted by atomic mass is 10.3. The van der Waals surface area contributed by atoms with Gasteiger partial charge in [0.1, 0.15) is 22.1 Å². The normalized spacial score (nSPS) is 11.2. The number of amides is 1. The van der Waals surface area contributed by atoms with Crippen LogP contribution in [0.4, 0.5) is 5.69 Å². The lowest BCUT2D eigenvalue weighted by Gasteiger charge is -2.09. The van der Waals surface area contributed by atoms with Crippen molar-refractivity contribution in [1.82, 2.24) is 19.9 Å². The molecule has 32 heavy (non-hydrogen) atoms. The second-order valence-corrected chi connectivity index (χ2v) is 9.74. The van der Waals surface area contributed by atoms with E-state index >= 15 is 0 Å². The number of hydrogen-bond donors (Lipinski definition) is 2. The molecule has 0 aliphatic heterocycles. The Hall–Kier alpha value is -3.70. The molecule has 1 aromatic carbocycles. The number of benzene rings is 1. The third-order valence-electron chi connectivity index (χ3n) is 4.24. The molecule has 0 bridgehead atoms. The van der Waals surface area contributed by atoms with E-state index in [2.05, 4.69) is 20.0 Å². The Bertz CT molecular complexity index is 1320. The zero-order valence-corrected chi connectivity index (χ0v) is 18.6. The molecule has 3 aromatic heterocycles. The second-order valence-electron chi connectivity index (χ2n) is 6.67. The summed E-state index contributed by atoms with van der Waals surface area (Å²) >= 11 is 1.10. The van der Waals surface area contributed by atoms with Crippen LogP contribution in [0, 0.1) is 0 Å². The molecule has 0 saturated carbocycles. The first kappa shape index (κ1) is 21.5. The van der Waals surface area contributed by atoms with Crippen molar-refractivity contribution in [1.29, 1.82) is 0 Å². The van der Waals surface area contributed by atoms with Gasteiger partial charge in [-0.15, -0.1) is 11.3 Å². The van der Waals surface area contributed by atoms with Gasteiger partial charge in [0.25, 0.3) is 10.0 Å². The molecule has 0 unspecified atom stereocenters. The Morgan fingerprint density at radius 1 is 1.09 bits per heavy atom. The fraction of sp³-hybridized carbons (Fsp3) is 0.0952. The highest BCUT2D eigenvalue weighted by atomic mass is 32.2. The van der Waals surface area contributed by atoms with Crippen molar-refractivity contribution >= 4 is 33.0 Å². The topological polar surface area (TPSA) is 115 Å². The molecular formula is C21H19N5O4S2. The van der Waals surface area contributed by atoms with Crippen LogP contribution in [0.25, 0.3) is 5.82 Å². The van der Waals surface area contributed by atoms with Gasteiger partial charge in [-0.25, -0.2) is 18.4 Å². The van der Waals surface area contributed by atoms with Gasteiger partial charge in [0.05, 0.1) is 6.54 Å². The van der Waals surface area contributed by atoms with Gasteiger partial charge in [0, 0.05) is 35.9 Å². The maximum absolute atomic E-state index is 12.6. The summed E-state index contributed by atoms with van der Waals surface area (Å²) in [5, 5.41) is 2.65. The highest BCUT2D eigenvalue weighted by Crippen LogP contribution is 2.26. The largest absolute Gasteiger partial charge is 0.439 e. The molecule has 0 fully saturated rings. The smallest absolute Gasteiger partial charge is 0.271 e. The lowest BCUT2D eigenvalue weighted by molar-refractivity contribution is -0.119. The van der Waals surface area contributed by atoms with Crippen molar-refractivity contribution in [3.05, 3.63) is 78.2 Å². The summed E-state index contributed by atoms with van der Waals surface area (Å²) in [5.41, 5.74) is 0.393. The molecule has 1 amide bonds. The summed E-state index contributed by atoms with van der Waals surface area (Å²) in [6.45, 7) is 1.70. The van der Waals surface area contributed by atoms with Gasteiger partial charge in [0.2, 0.25) is 11.8 Å². The van der Waals surface area contributed by atoms with Crippen molar-refractivity contribution in [2.45, 2.75) is 17.7 Å². The predicted molar refractivity (Wildman–Crippen MR) is 121 cm³/mol. The number of rotatable bonds is 8. The van der Waals surface area contributed by atoms with Crippen LogP contribution in [-0.2, 0) is 21.4 Å². The summed E-state index contributed by atoms with van der Waals surface area (Å²) in [4.78, 5) is 20.1. The number of aromatic nitrogens is 3. The fourth-order valence-electron chi connectivity index (χ4n) is 2.74. The van der Waals surface area contributed by atoms with Crippen LogP contribution >= 0.6 is 11.3 Å². The van der Waals surface area contributed by atoms with Crippen LogP contribution in [0.15, 0.2) is 77.5 Å². The van der Waals surface area contributed by atoms with E-state index < -0.39 is 10.0 Å². The minimum atomic E-state index is -3.74. The van der Waals surface area contributed by atoms with Gasteiger partial charge < -0.3 is 14.6 Å². The maximum Gasteiger partial charge on any atom is 0.271 e. The number of nitrogens with one attached hydrogen (secondary N) is 2. The van der Waals surface area contributed by atoms with E-state index in [-0.39, 0.29) is 16.7 Å². The molecule has 0 aliphatic carbocycles.